The van der Waals surface area contributed by atoms with E-state index >= 15 is 0 Å². The molecular formula is C31H38N2O4S. The third-order valence-electron chi connectivity index (χ3n) is 6.86. The van der Waals surface area contributed by atoms with Gasteiger partial charge in [0.05, 0.1) is 17.9 Å². The van der Waals surface area contributed by atoms with Gasteiger partial charge in [-0.3, -0.25) is 9.52 Å². The van der Waals surface area contributed by atoms with Crippen molar-refractivity contribution in [1.29, 1.82) is 0 Å². The van der Waals surface area contributed by atoms with Gasteiger partial charge in [-0.25, -0.2) is 8.42 Å². The Morgan fingerprint density at radius 2 is 1.61 bits per heavy atom. The number of fused-ring (bicyclic) bond motifs is 1. The number of amides is 1. The van der Waals surface area contributed by atoms with Gasteiger partial charge in [0.25, 0.3) is 10.0 Å². The molecule has 3 aromatic carbocycles. The molecule has 1 aliphatic rings. The van der Waals surface area contributed by atoms with Gasteiger partial charge < -0.3 is 9.64 Å². The summed E-state index contributed by atoms with van der Waals surface area (Å²) in [6, 6.07) is 20.2. The topological polar surface area (TPSA) is 75.7 Å². The number of carbonyl (C=O) groups is 1. The maximum Gasteiger partial charge on any atom is 0.261 e. The van der Waals surface area contributed by atoms with Crippen molar-refractivity contribution in [3.63, 3.8) is 0 Å². The molecule has 4 rings (SSSR count). The summed E-state index contributed by atoms with van der Waals surface area (Å²) in [6.07, 6.45) is 3.57. The number of hydrogen-bond acceptors (Lipinski definition) is 4. The lowest BCUT2D eigenvalue weighted by atomic mass is 9.86. The molecule has 7 heteroatoms. The van der Waals surface area contributed by atoms with E-state index in [1.54, 1.807) is 41.3 Å². The fourth-order valence-corrected chi connectivity index (χ4v) is 5.61. The SMILES string of the molecule is CCCCCOc1ccc(NS(=O)(=O)c2ccc3c(c2)CN(C(=O)Cc2ccc(C(C)(C)C)cc2)C3)cc1. The van der Waals surface area contributed by atoms with Gasteiger partial charge in [0.15, 0.2) is 0 Å². The molecule has 202 valence electrons. The first-order valence-electron chi connectivity index (χ1n) is 13.3. The van der Waals surface area contributed by atoms with E-state index in [2.05, 4.69) is 44.5 Å². The quantitative estimate of drug-likeness (QED) is 0.304. The summed E-state index contributed by atoms with van der Waals surface area (Å²) >= 11 is 0. The number of sulfonamides is 1. The molecule has 1 amide bonds. The van der Waals surface area contributed by atoms with Gasteiger partial charge in [-0.05, 0) is 70.5 Å². The van der Waals surface area contributed by atoms with Crippen LogP contribution in [0.15, 0.2) is 71.6 Å². The predicted octanol–water partition coefficient (Wildman–Crippen LogP) is 6.44. The number of benzene rings is 3. The highest BCUT2D eigenvalue weighted by atomic mass is 32.2. The number of hydrogen-bond donors (Lipinski definition) is 1. The highest BCUT2D eigenvalue weighted by Gasteiger charge is 2.26. The standard InChI is InChI=1S/C31H38N2O4S/c1-5-6-7-18-37-28-15-13-27(14-16-28)32-38(35,36)29-17-10-24-21-33(22-25(24)20-29)30(34)19-23-8-11-26(12-9-23)31(2,3)4/h8-17,20,32H,5-7,18-19,21-22H2,1-4H3. The van der Waals surface area contributed by atoms with E-state index in [0.717, 1.165) is 41.7 Å². The van der Waals surface area contributed by atoms with Crippen molar-refractivity contribution in [2.45, 2.75) is 76.8 Å². The van der Waals surface area contributed by atoms with Crippen LogP contribution in [-0.2, 0) is 39.7 Å². The minimum Gasteiger partial charge on any atom is -0.494 e. The Bertz CT molecular complexity index is 1360. The highest BCUT2D eigenvalue weighted by Crippen LogP contribution is 2.28. The number of unbranched alkanes of at least 4 members (excludes halogenated alkanes) is 2. The van der Waals surface area contributed by atoms with E-state index in [9.17, 15) is 13.2 Å². The van der Waals surface area contributed by atoms with E-state index in [1.807, 2.05) is 18.2 Å². The maximum atomic E-state index is 13.1. The van der Waals surface area contributed by atoms with Crippen LogP contribution in [0.2, 0.25) is 0 Å². The molecule has 0 spiro atoms. The summed E-state index contributed by atoms with van der Waals surface area (Å²) in [7, 11) is -3.77. The van der Waals surface area contributed by atoms with Gasteiger partial charge in [-0.1, -0.05) is 70.9 Å². The van der Waals surface area contributed by atoms with Crippen LogP contribution >= 0.6 is 0 Å². The largest absolute Gasteiger partial charge is 0.494 e. The van der Waals surface area contributed by atoms with Crippen LogP contribution < -0.4 is 9.46 Å². The Morgan fingerprint density at radius 1 is 0.921 bits per heavy atom. The van der Waals surface area contributed by atoms with E-state index in [1.165, 1.54) is 5.56 Å². The Balaban J connectivity index is 1.36. The number of nitrogens with zero attached hydrogens (tertiary/aromatic N) is 1. The first kappa shape index (κ1) is 27.7. The Labute approximate surface area is 227 Å². The van der Waals surface area contributed by atoms with Gasteiger partial charge in [0.1, 0.15) is 5.75 Å². The molecule has 3 aromatic rings. The number of anilines is 1. The lowest BCUT2D eigenvalue weighted by Gasteiger charge is -2.19. The second kappa shape index (κ2) is 11.6. The highest BCUT2D eigenvalue weighted by molar-refractivity contribution is 7.92. The van der Waals surface area contributed by atoms with Crippen molar-refractivity contribution in [1.82, 2.24) is 4.90 Å². The van der Waals surface area contributed by atoms with Crippen molar-refractivity contribution in [3.05, 3.63) is 89.0 Å². The van der Waals surface area contributed by atoms with E-state index in [-0.39, 0.29) is 16.2 Å². The minimum absolute atomic E-state index is 0.0317. The molecule has 6 nitrogen and oxygen atoms in total. The fraction of sp³-hybridized carbons (Fsp3) is 0.387. The number of rotatable bonds is 10. The number of nitrogens with one attached hydrogen (secondary N) is 1. The van der Waals surface area contributed by atoms with E-state index in [4.69, 9.17) is 4.74 Å². The smallest absolute Gasteiger partial charge is 0.261 e. The summed E-state index contributed by atoms with van der Waals surface area (Å²) in [4.78, 5) is 15.0. The van der Waals surface area contributed by atoms with Crippen LogP contribution in [0.4, 0.5) is 5.69 Å². The van der Waals surface area contributed by atoms with Gasteiger partial charge in [-0.2, -0.15) is 0 Å². The molecule has 0 fully saturated rings. The first-order chi connectivity index (χ1) is 18.0. The van der Waals surface area contributed by atoms with Crippen LogP contribution in [0.5, 0.6) is 5.75 Å². The summed E-state index contributed by atoms with van der Waals surface area (Å²) in [5.41, 5.74) is 4.59. The van der Waals surface area contributed by atoms with Crippen molar-refractivity contribution in [2.24, 2.45) is 0 Å². The number of ether oxygens (including phenoxy) is 1. The Kier molecular flexibility index (Phi) is 8.46. The van der Waals surface area contributed by atoms with Gasteiger partial charge in [0.2, 0.25) is 5.91 Å². The first-order valence-corrected chi connectivity index (χ1v) is 14.8. The molecule has 1 aliphatic heterocycles. The molecule has 1 N–H and O–H groups in total. The molecule has 0 atom stereocenters. The second-order valence-corrected chi connectivity index (χ2v) is 12.7. The summed E-state index contributed by atoms with van der Waals surface area (Å²) in [5.74, 6) is 0.751. The fourth-order valence-electron chi connectivity index (χ4n) is 4.50. The summed E-state index contributed by atoms with van der Waals surface area (Å²) in [6.45, 7) is 10.2. The molecule has 1 heterocycles. The van der Waals surface area contributed by atoms with Crippen LogP contribution in [0, 0.1) is 0 Å². The minimum atomic E-state index is -3.77. The molecule has 0 aliphatic carbocycles. The lowest BCUT2D eigenvalue weighted by Crippen LogP contribution is -2.26. The molecule has 0 unspecified atom stereocenters. The lowest BCUT2D eigenvalue weighted by molar-refractivity contribution is -0.131. The summed E-state index contributed by atoms with van der Waals surface area (Å²) in [5, 5.41) is 0. The third-order valence-corrected chi connectivity index (χ3v) is 8.24. The maximum absolute atomic E-state index is 13.1. The average molecular weight is 535 g/mol. The van der Waals surface area contributed by atoms with Crippen LogP contribution in [0.1, 0.15) is 69.2 Å². The molecule has 0 radical (unpaired) electrons. The zero-order valence-electron chi connectivity index (χ0n) is 22.8. The normalized spacial score (nSPS) is 13.3. The van der Waals surface area contributed by atoms with Crippen molar-refractivity contribution in [3.8, 4) is 5.75 Å². The van der Waals surface area contributed by atoms with Crippen LogP contribution in [0.3, 0.4) is 0 Å². The molecule has 0 saturated heterocycles. The van der Waals surface area contributed by atoms with E-state index in [0.29, 0.717) is 31.8 Å². The third kappa shape index (κ3) is 6.95. The Morgan fingerprint density at radius 3 is 2.26 bits per heavy atom. The van der Waals surface area contributed by atoms with Gasteiger partial charge in [0, 0.05) is 18.8 Å². The molecule has 38 heavy (non-hydrogen) atoms. The van der Waals surface area contributed by atoms with Crippen LogP contribution in [0.25, 0.3) is 0 Å². The van der Waals surface area contributed by atoms with Gasteiger partial charge in [-0.15, -0.1) is 0 Å². The second-order valence-electron chi connectivity index (χ2n) is 11.0. The molecular weight excluding hydrogens is 496 g/mol. The van der Waals surface area contributed by atoms with Crippen molar-refractivity contribution >= 4 is 21.6 Å². The van der Waals surface area contributed by atoms with Crippen LogP contribution in [-0.4, -0.2) is 25.8 Å². The van der Waals surface area contributed by atoms with E-state index < -0.39 is 10.0 Å². The van der Waals surface area contributed by atoms with Crippen molar-refractivity contribution < 1.29 is 17.9 Å². The Hall–Kier alpha value is -3.32. The average Bonchev–Trinajstić information content (AvgIpc) is 3.31. The summed E-state index contributed by atoms with van der Waals surface area (Å²) < 4.78 is 34.5. The monoisotopic (exact) mass is 534 g/mol. The zero-order chi connectivity index (χ0) is 27.3. The molecule has 0 aromatic heterocycles. The van der Waals surface area contributed by atoms with Crippen molar-refractivity contribution in [2.75, 3.05) is 11.3 Å². The molecule has 0 saturated carbocycles. The number of carbonyl (C=O) groups excluding carboxylic acids is 1. The molecule has 0 bridgehead atoms. The zero-order valence-corrected chi connectivity index (χ0v) is 23.6. The van der Waals surface area contributed by atoms with Gasteiger partial charge >= 0.3 is 0 Å². The predicted molar refractivity (Wildman–Crippen MR) is 152 cm³/mol.